The summed E-state index contributed by atoms with van der Waals surface area (Å²) >= 11 is 0. The number of carbonyl (C=O) groups is 2. The van der Waals surface area contributed by atoms with E-state index >= 15 is 0 Å². The number of aromatic carboxylic acids is 2. The molecule has 4 nitrogen and oxygen atoms in total. The molecule has 0 aliphatic carbocycles. The average molecular weight is 316 g/mol. The zero-order valence-electron chi connectivity index (χ0n) is 9.79. The van der Waals surface area contributed by atoms with Gasteiger partial charge in [-0.05, 0) is 12.1 Å². The lowest BCUT2D eigenvalue weighted by molar-refractivity contribution is -0.248. The van der Waals surface area contributed by atoms with Gasteiger partial charge in [0.2, 0.25) is 0 Å². The summed E-state index contributed by atoms with van der Waals surface area (Å²) in [4.78, 5) is 21.4. The van der Waals surface area contributed by atoms with Crippen LogP contribution in [0.5, 0.6) is 0 Å². The highest BCUT2D eigenvalue weighted by atomic mass is 19.4. The fourth-order valence-electron chi connectivity index (χ4n) is 1.47. The molecule has 0 spiro atoms. The lowest BCUT2D eigenvalue weighted by Gasteiger charge is -2.23. The van der Waals surface area contributed by atoms with Crippen LogP contribution in [0.25, 0.3) is 0 Å². The van der Waals surface area contributed by atoms with E-state index in [1.165, 1.54) is 0 Å². The minimum Gasteiger partial charge on any atom is -0.478 e. The van der Waals surface area contributed by atoms with E-state index in [4.69, 9.17) is 10.2 Å². The Labute approximate surface area is 112 Å². The largest absolute Gasteiger partial charge is 0.478 e. The topological polar surface area (TPSA) is 74.6 Å². The average Bonchev–Trinajstić information content (AvgIpc) is 2.35. The minimum atomic E-state index is -5.86. The van der Waals surface area contributed by atoms with Gasteiger partial charge in [-0.3, -0.25) is 0 Å². The van der Waals surface area contributed by atoms with Crippen LogP contribution in [0, 0.1) is 0 Å². The van der Waals surface area contributed by atoms with E-state index in [1.54, 1.807) is 0 Å². The monoisotopic (exact) mass is 316 g/mol. The van der Waals surface area contributed by atoms with Crippen LogP contribution in [-0.4, -0.2) is 34.5 Å². The second kappa shape index (κ2) is 5.26. The summed E-state index contributed by atoms with van der Waals surface area (Å²) in [6, 6.07) is 0.608. The fraction of sp³-hybridized carbons (Fsp3) is 0.273. The van der Waals surface area contributed by atoms with Gasteiger partial charge in [0.25, 0.3) is 6.17 Å². The van der Waals surface area contributed by atoms with E-state index in [-0.39, 0.29) is 12.1 Å². The van der Waals surface area contributed by atoms with Gasteiger partial charge in [-0.2, -0.15) is 22.0 Å². The standard InChI is InChI=1S/C11H6F6O4/c12-9(11(15,16)17)10(13,14)4-1-2-5(7(18)19)6(3-4)8(20)21/h1-3,9H,(H,18,19)(H,20,21). The van der Waals surface area contributed by atoms with E-state index in [0.717, 1.165) is 0 Å². The molecule has 0 aliphatic rings. The molecule has 0 aromatic heterocycles. The fourth-order valence-corrected chi connectivity index (χ4v) is 1.47. The van der Waals surface area contributed by atoms with Gasteiger partial charge in [-0.25, -0.2) is 14.0 Å². The van der Waals surface area contributed by atoms with Crippen LogP contribution in [0.2, 0.25) is 0 Å². The first kappa shape index (κ1) is 16.8. The summed E-state index contributed by atoms with van der Waals surface area (Å²) in [5, 5.41) is 17.3. The van der Waals surface area contributed by atoms with Crippen LogP contribution < -0.4 is 0 Å². The third-order valence-corrected chi connectivity index (χ3v) is 2.47. The Morgan fingerprint density at radius 3 is 1.81 bits per heavy atom. The molecule has 0 heterocycles. The summed E-state index contributed by atoms with van der Waals surface area (Å²) in [6.07, 6.45) is -10.4. The molecule has 0 aliphatic heterocycles. The molecule has 1 unspecified atom stereocenters. The molecule has 21 heavy (non-hydrogen) atoms. The molecule has 1 aromatic rings. The van der Waals surface area contributed by atoms with Crippen LogP contribution >= 0.6 is 0 Å². The molecule has 116 valence electrons. The number of benzene rings is 1. The Morgan fingerprint density at radius 1 is 0.952 bits per heavy atom. The highest BCUT2D eigenvalue weighted by molar-refractivity contribution is 6.01. The quantitative estimate of drug-likeness (QED) is 0.837. The zero-order chi connectivity index (χ0) is 16.6. The Bertz CT molecular complexity index is 581. The van der Waals surface area contributed by atoms with Crippen LogP contribution in [0.3, 0.4) is 0 Å². The Morgan fingerprint density at radius 2 is 1.43 bits per heavy atom. The van der Waals surface area contributed by atoms with Gasteiger partial charge in [0.1, 0.15) is 0 Å². The van der Waals surface area contributed by atoms with Crippen LogP contribution in [0.1, 0.15) is 26.3 Å². The van der Waals surface area contributed by atoms with Crippen molar-refractivity contribution in [2.24, 2.45) is 0 Å². The van der Waals surface area contributed by atoms with Gasteiger partial charge in [-0.1, -0.05) is 6.07 Å². The number of halogens is 6. The molecule has 1 aromatic carbocycles. The highest BCUT2D eigenvalue weighted by Crippen LogP contribution is 2.42. The first-order valence-corrected chi connectivity index (χ1v) is 5.08. The lowest BCUT2D eigenvalue weighted by atomic mass is 9.97. The van der Waals surface area contributed by atoms with Gasteiger partial charge in [0, 0.05) is 5.56 Å². The Hall–Kier alpha value is -2.26. The molecular weight excluding hydrogens is 310 g/mol. The second-order valence-corrected chi connectivity index (χ2v) is 3.90. The zero-order valence-corrected chi connectivity index (χ0v) is 9.79. The lowest BCUT2D eigenvalue weighted by Crippen LogP contribution is -2.39. The van der Waals surface area contributed by atoms with Crippen molar-refractivity contribution in [2.45, 2.75) is 18.3 Å². The minimum absolute atomic E-state index is 0.00407. The second-order valence-electron chi connectivity index (χ2n) is 3.90. The van der Waals surface area contributed by atoms with E-state index in [1.807, 2.05) is 0 Å². The van der Waals surface area contributed by atoms with E-state index in [0.29, 0.717) is 6.07 Å². The number of alkyl halides is 6. The molecule has 0 radical (unpaired) electrons. The predicted octanol–water partition coefficient (Wildman–Crippen LogP) is 3.08. The molecule has 0 saturated carbocycles. The SMILES string of the molecule is O=C(O)c1ccc(C(F)(F)C(F)C(F)(F)F)cc1C(=O)O. The number of hydrogen-bond donors (Lipinski definition) is 2. The number of carboxylic acids is 2. The maximum atomic E-state index is 13.4. The van der Waals surface area contributed by atoms with Crippen LogP contribution in [0.15, 0.2) is 18.2 Å². The van der Waals surface area contributed by atoms with Crippen molar-refractivity contribution in [1.82, 2.24) is 0 Å². The van der Waals surface area contributed by atoms with Crippen LogP contribution in [-0.2, 0) is 5.92 Å². The van der Waals surface area contributed by atoms with Crippen molar-refractivity contribution < 1.29 is 46.1 Å². The number of carboxylic acid groups (broad SMARTS) is 2. The summed E-state index contributed by atoms with van der Waals surface area (Å²) < 4.78 is 75.7. The predicted molar refractivity (Wildman–Crippen MR) is 55.2 cm³/mol. The van der Waals surface area contributed by atoms with E-state index in [2.05, 4.69) is 0 Å². The van der Waals surface area contributed by atoms with Crippen molar-refractivity contribution in [2.75, 3.05) is 0 Å². The summed E-state index contributed by atoms with van der Waals surface area (Å²) in [5.41, 5.74) is -3.67. The molecule has 0 bridgehead atoms. The molecule has 2 N–H and O–H groups in total. The van der Waals surface area contributed by atoms with Gasteiger partial charge < -0.3 is 10.2 Å². The van der Waals surface area contributed by atoms with Gasteiger partial charge in [0.05, 0.1) is 11.1 Å². The summed E-state index contributed by atoms with van der Waals surface area (Å²) in [6.45, 7) is 0. The molecule has 10 heteroatoms. The molecule has 1 rings (SSSR count). The van der Waals surface area contributed by atoms with Crippen molar-refractivity contribution in [3.8, 4) is 0 Å². The normalized spacial score (nSPS) is 13.8. The van der Waals surface area contributed by atoms with Crippen molar-refractivity contribution in [1.29, 1.82) is 0 Å². The molecule has 1 atom stereocenters. The summed E-state index contributed by atoms with van der Waals surface area (Å²) in [7, 11) is 0. The van der Waals surface area contributed by atoms with Crippen LogP contribution in [0.4, 0.5) is 26.3 Å². The summed E-state index contributed by atoms with van der Waals surface area (Å²) in [5.74, 6) is -8.79. The smallest absolute Gasteiger partial charge is 0.426 e. The first-order chi connectivity index (χ1) is 9.39. The Kier molecular flexibility index (Phi) is 4.21. The van der Waals surface area contributed by atoms with Crippen molar-refractivity contribution >= 4 is 11.9 Å². The van der Waals surface area contributed by atoms with Gasteiger partial charge in [0.15, 0.2) is 0 Å². The number of hydrogen-bond acceptors (Lipinski definition) is 2. The van der Waals surface area contributed by atoms with E-state index in [9.17, 15) is 35.9 Å². The molecule has 0 fully saturated rings. The molecular formula is C11H6F6O4. The number of rotatable bonds is 4. The van der Waals surface area contributed by atoms with Crippen molar-refractivity contribution in [3.63, 3.8) is 0 Å². The van der Waals surface area contributed by atoms with Gasteiger partial charge >= 0.3 is 24.0 Å². The van der Waals surface area contributed by atoms with Crippen molar-refractivity contribution in [3.05, 3.63) is 34.9 Å². The third-order valence-electron chi connectivity index (χ3n) is 2.47. The van der Waals surface area contributed by atoms with E-state index < -0.39 is 46.9 Å². The molecule has 0 saturated heterocycles. The highest BCUT2D eigenvalue weighted by Gasteiger charge is 2.57. The maximum Gasteiger partial charge on any atom is 0.426 e. The maximum absolute atomic E-state index is 13.4. The van der Waals surface area contributed by atoms with Gasteiger partial charge in [-0.15, -0.1) is 0 Å². The molecule has 0 amide bonds. The Balaban J connectivity index is 3.42. The third kappa shape index (κ3) is 3.26. The first-order valence-electron chi connectivity index (χ1n) is 5.08.